The normalized spacial score (nSPS) is 10.9. The second kappa shape index (κ2) is 5.45. The van der Waals surface area contributed by atoms with E-state index in [0.717, 1.165) is 24.3 Å². The zero-order valence-corrected chi connectivity index (χ0v) is 9.85. The first-order valence-electron chi connectivity index (χ1n) is 4.68. The number of nitrogens with zero attached hydrogens (tertiary/aromatic N) is 1. The molecule has 8 nitrogen and oxygen atoms in total. The van der Waals surface area contributed by atoms with E-state index in [4.69, 9.17) is 5.73 Å². The number of carbonyl (C=O) groups excluding carboxylic acids is 1. The van der Waals surface area contributed by atoms with Gasteiger partial charge in [0.05, 0.1) is 15.6 Å². The second-order valence-corrected chi connectivity index (χ2v) is 5.31. The van der Waals surface area contributed by atoms with Gasteiger partial charge in [-0.05, 0) is 12.1 Å². The number of non-ortho nitro benzene ring substituents is 1. The predicted molar refractivity (Wildman–Crippen MR) is 59.6 cm³/mol. The lowest BCUT2D eigenvalue weighted by Crippen LogP contribution is -2.15. The van der Waals surface area contributed by atoms with E-state index in [0.29, 0.717) is 0 Å². The van der Waals surface area contributed by atoms with Crippen molar-refractivity contribution in [2.24, 2.45) is 0 Å². The fourth-order valence-electron chi connectivity index (χ4n) is 1.14. The molecule has 0 heterocycles. The summed E-state index contributed by atoms with van der Waals surface area (Å²) in [6.45, 7) is -0.429. The van der Waals surface area contributed by atoms with Crippen molar-refractivity contribution in [3.63, 3.8) is 0 Å². The van der Waals surface area contributed by atoms with Crippen LogP contribution in [0.4, 0.5) is 10.5 Å². The standard InChI is InChI=1S/C9H9N2O6S/c10-9(12)17-5-6-18(15,16)8-3-1-7(2-4-8)11(13)14/h1-4,10H,5-6H2. The molecular weight excluding hydrogens is 264 g/mol. The van der Waals surface area contributed by atoms with E-state index >= 15 is 0 Å². The number of benzene rings is 1. The summed E-state index contributed by atoms with van der Waals surface area (Å²) in [6, 6.07) is 4.36. The number of hydrogen-bond donors (Lipinski definition) is 0. The van der Waals surface area contributed by atoms with Crippen LogP contribution in [0.1, 0.15) is 0 Å². The molecule has 0 spiro atoms. The van der Waals surface area contributed by atoms with Crippen molar-refractivity contribution in [1.82, 2.24) is 5.73 Å². The third kappa shape index (κ3) is 3.70. The van der Waals surface area contributed by atoms with E-state index in [9.17, 15) is 23.3 Å². The first-order chi connectivity index (χ1) is 8.33. The van der Waals surface area contributed by atoms with Crippen LogP contribution in [-0.4, -0.2) is 31.8 Å². The minimum atomic E-state index is -3.68. The summed E-state index contributed by atoms with van der Waals surface area (Å²) in [4.78, 5) is 19.8. The van der Waals surface area contributed by atoms with Crippen LogP contribution in [0.3, 0.4) is 0 Å². The van der Waals surface area contributed by atoms with E-state index in [1.54, 1.807) is 0 Å². The molecule has 0 atom stereocenters. The lowest BCUT2D eigenvalue weighted by atomic mass is 10.3. The van der Waals surface area contributed by atoms with Crippen molar-refractivity contribution in [1.29, 1.82) is 0 Å². The summed E-state index contributed by atoms with van der Waals surface area (Å²) in [5.41, 5.74) is 6.22. The number of hydrogen-bond acceptors (Lipinski definition) is 6. The monoisotopic (exact) mass is 273 g/mol. The van der Waals surface area contributed by atoms with Gasteiger partial charge in [0.1, 0.15) is 6.61 Å². The summed E-state index contributed by atoms with van der Waals surface area (Å²) >= 11 is 0. The molecule has 1 radical (unpaired) electrons. The molecule has 0 bridgehead atoms. The smallest absolute Gasteiger partial charge is 0.426 e. The Hall–Kier alpha value is -2.16. The maximum atomic E-state index is 11.7. The van der Waals surface area contributed by atoms with Gasteiger partial charge < -0.3 is 4.74 Å². The number of rotatable bonds is 5. The summed E-state index contributed by atoms with van der Waals surface area (Å²) in [5, 5.41) is 10.4. The van der Waals surface area contributed by atoms with Crippen LogP contribution in [-0.2, 0) is 14.6 Å². The SMILES string of the molecule is [NH]C(=O)OCCS(=O)(=O)c1ccc([N+](=O)[O-])cc1. The topological polar surface area (TPSA) is 127 Å². The first-order valence-corrected chi connectivity index (χ1v) is 6.34. The van der Waals surface area contributed by atoms with Crippen LogP contribution in [0.15, 0.2) is 29.2 Å². The van der Waals surface area contributed by atoms with Gasteiger partial charge in [0, 0.05) is 12.1 Å². The van der Waals surface area contributed by atoms with E-state index in [1.165, 1.54) is 0 Å². The lowest BCUT2D eigenvalue weighted by Gasteiger charge is -2.03. The van der Waals surface area contributed by atoms with Crippen molar-refractivity contribution in [3.05, 3.63) is 34.4 Å². The Morgan fingerprint density at radius 2 is 1.89 bits per heavy atom. The molecule has 1 rings (SSSR count). The number of nitrogens with one attached hydrogen (secondary N) is 1. The van der Waals surface area contributed by atoms with Gasteiger partial charge in [-0.2, -0.15) is 0 Å². The Labute approximate surface area is 102 Å². The van der Waals surface area contributed by atoms with E-state index in [1.807, 2.05) is 0 Å². The number of carbonyl (C=O) groups is 1. The average molecular weight is 273 g/mol. The minimum Gasteiger partial charge on any atom is -0.447 e. The minimum absolute atomic E-state index is 0.103. The second-order valence-electron chi connectivity index (χ2n) is 3.21. The highest BCUT2D eigenvalue weighted by molar-refractivity contribution is 7.91. The Kier molecular flexibility index (Phi) is 4.21. The molecule has 0 aliphatic carbocycles. The molecule has 0 aliphatic heterocycles. The Morgan fingerprint density at radius 1 is 1.33 bits per heavy atom. The quantitative estimate of drug-likeness (QED) is 0.576. The highest BCUT2D eigenvalue weighted by Crippen LogP contribution is 2.16. The molecule has 0 fully saturated rings. The largest absolute Gasteiger partial charge is 0.447 e. The fourth-order valence-corrected chi connectivity index (χ4v) is 2.23. The average Bonchev–Trinajstić information content (AvgIpc) is 2.28. The molecule has 0 unspecified atom stereocenters. The number of sulfone groups is 1. The van der Waals surface area contributed by atoms with Crippen molar-refractivity contribution in [2.75, 3.05) is 12.4 Å². The molecule has 18 heavy (non-hydrogen) atoms. The van der Waals surface area contributed by atoms with Crippen LogP contribution >= 0.6 is 0 Å². The van der Waals surface area contributed by atoms with Crippen LogP contribution < -0.4 is 5.73 Å². The van der Waals surface area contributed by atoms with Gasteiger partial charge in [0.2, 0.25) is 0 Å². The van der Waals surface area contributed by atoms with Gasteiger partial charge in [-0.3, -0.25) is 10.1 Å². The molecule has 0 aromatic heterocycles. The Morgan fingerprint density at radius 3 is 2.33 bits per heavy atom. The van der Waals surface area contributed by atoms with Gasteiger partial charge >= 0.3 is 6.09 Å². The zero-order chi connectivity index (χ0) is 13.8. The third-order valence-electron chi connectivity index (χ3n) is 1.99. The van der Waals surface area contributed by atoms with Crippen LogP contribution in [0, 0.1) is 10.1 Å². The van der Waals surface area contributed by atoms with Crippen molar-refractivity contribution in [2.45, 2.75) is 4.90 Å². The molecule has 1 N–H and O–H groups in total. The lowest BCUT2D eigenvalue weighted by molar-refractivity contribution is -0.384. The molecular formula is C9H9N2O6S. The van der Waals surface area contributed by atoms with Crippen LogP contribution in [0.5, 0.6) is 0 Å². The van der Waals surface area contributed by atoms with Gasteiger partial charge in [0.15, 0.2) is 9.84 Å². The first kappa shape index (κ1) is 13.9. The molecule has 0 aliphatic rings. The predicted octanol–water partition coefficient (Wildman–Crippen LogP) is 0.788. The third-order valence-corrected chi connectivity index (χ3v) is 3.69. The highest BCUT2D eigenvalue weighted by atomic mass is 32.2. The maximum Gasteiger partial charge on any atom is 0.426 e. The maximum absolute atomic E-state index is 11.7. The van der Waals surface area contributed by atoms with E-state index in [-0.39, 0.29) is 10.6 Å². The highest BCUT2D eigenvalue weighted by Gasteiger charge is 2.16. The Balaban J connectivity index is 2.79. The Bertz CT molecular complexity index is 551. The fraction of sp³-hybridized carbons (Fsp3) is 0.222. The molecule has 97 valence electrons. The van der Waals surface area contributed by atoms with Crippen molar-refractivity contribution >= 4 is 21.6 Å². The van der Waals surface area contributed by atoms with E-state index in [2.05, 4.69) is 4.74 Å². The number of nitro groups is 1. The number of amides is 1. The zero-order valence-electron chi connectivity index (χ0n) is 9.03. The molecule has 9 heteroatoms. The van der Waals surface area contributed by atoms with Gasteiger partial charge in [0.25, 0.3) is 5.69 Å². The molecule has 1 aromatic carbocycles. The summed E-state index contributed by atoms with van der Waals surface area (Å²) in [7, 11) is -3.68. The van der Waals surface area contributed by atoms with Gasteiger partial charge in [-0.15, -0.1) is 0 Å². The number of nitro benzene ring substituents is 1. The van der Waals surface area contributed by atoms with Crippen LogP contribution in [0.25, 0.3) is 0 Å². The molecule has 0 saturated heterocycles. The molecule has 1 aromatic rings. The summed E-state index contributed by atoms with van der Waals surface area (Å²) in [6.07, 6.45) is -1.31. The van der Waals surface area contributed by atoms with Crippen molar-refractivity contribution in [3.8, 4) is 0 Å². The van der Waals surface area contributed by atoms with Gasteiger partial charge in [-0.1, -0.05) is 0 Å². The van der Waals surface area contributed by atoms with Crippen molar-refractivity contribution < 1.29 is 22.9 Å². The van der Waals surface area contributed by atoms with E-state index < -0.39 is 33.2 Å². The molecule has 0 saturated carbocycles. The molecule has 1 amide bonds. The summed E-state index contributed by atoms with van der Waals surface area (Å²) < 4.78 is 27.5. The summed E-state index contributed by atoms with van der Waals surface area (Å²) in [5.74, 6) is -0.477. The van der Waals surface area contributed by atoms with Crippen LogP contribution in [0.2, 0.25) is 0 Å². The van der Waals surface area contributed by atoms with Gasteiger partial charge in [-0.25, -0.2) is 18.9 Å². The number of ether oxygens (including phenoxy) is 1.